The van der Waals surface area contributed by atoms with Crippen molar-refractivity contribution in [1.82, 2.24) is 14.7 Å². The van der Waals surface area contributed by atoms with Crippen molar-refractivity contribution in [1.29, 1.82) is 0 Å². The highest BCUT2D eigenvalue weighted by Gasteiger charge is 2.33. The Morgan fingerprint density at radius 2 is 1.97 bits per heavy atom. The summed E-state index contributed by atoms with van der Waals surface area (Å²) in [6.07, 6.45) is 4.03. The largest absolute Gasteiger partial charge is 0.490 e. The zero-order valence-electron chi connectivity index (χ0n) is 17.7. The predicted molar refractivity (Wildman–Crippen MR) is 111 cm³/mol. The first kappa shape index (κ1) is 21.2. The van der Waals surface area contributed by atoms with Crippen molar-refractivity contribution in [3.05, 3.63) is 65.1 Å². The van der Waals surface area contributed by atoms with E-state index >= 15 is 0 Å². The van der Waals surface area contributed by atoms with Crippen LogP contribution in [0.5, 0.6) is 5.75 Å². The van der Waals surface area contributed by atoms with Crippen molar-refractivity contribution < 1.29 is 23.4 Å². The van der Waals surface area contributed by atoms with Crippen LogP contribution in [0.3, 0.4) is 0 Å². The molecule has 8 heteroatoms. The Balaban J connectivity index is 1.37. The number of nitrogens with zero attached hydrogens (tertiary/aromatic N) is 2. The summed E-state index contributed by atoms with van der Waals surface area (Å²) in [7, 11) is 0. The zero-order valence-corrected chi connectivity index (χ0v) is 17.7. The Morgan fingerprint density at radius 1 is 1.29 bits per heavy atom. The van der Waals surface area contributed by atoms with Crippen LogP contribution in [0.15, 0.2) is 36.7 Å². The van der Waals surface area contributed by atoms with Gasteiger partial charge in [0.05, 0.1) is 12.8 Å². The lowest BCUT2D eigenvalue weighted by molar-refractivity contribution is 0.0694. The zero-order chi connectivity index (χ0) is 22.3. The van der Waals surface area contributed by atoms with Gasteiger partial charge in [0.1, 0.15) is 34.8 Å². The second-order valence-electron chi connectivity index (χ2n) is 8.92. The number of carbonyl (C=O) groups excluding carboxylic acids is 1. The number of carbonyl (C=O) groups is 1. The fourth-order valence-corrected chi connectivity index (χ4v) is 3.93. The van der Waals surface area contributed by atoms with E-state index in [9.17, 15) is 18.7 Å². The summed E-state index contributed by atoms with van der Waals surface area (Å²) in [4.78, 5) is 16.9. The molecule has 31 heavy (non-hydrogen) atoms. The first-order valence-electron chi connectivity index (χ1n) is 10.2. The van der Waals surface area contributed by atoms with Gasteiger partial charge in [0.2, 0.25) is 0 Å². The maximum absolute atomic E-state index is 14.4. The third-order valence-electron chi connectivity index (χ3n) is 5.52. The number of benzene rings is 1. The first-order valence-corrected chi connectivity index (χ1v) is 10.2. The molecular weight excluding hydrogens is 404 g/mol. The van der Waals surface area contributed by atoms with Crippen LogP contribution >= 0.6 is 0 Å². The normalized spacial score (nSPS) is 18.6. The highest BCUT2D eigenvalue weighted by Crippen LogP contribution is 2.33. The van der Waals surface area contributed by atoms with Crippen LogP contribution in [0.25, 0.3) is 5.65 Å². The lowest BCUT2D eigenvalue weighted by atomic mass is 9.86. The van der Waals surface area contributed by atoms with Crippen LogP contribution in [0.2, 0.25) is 0 Å². The van der Waals surface area contributed by atoms with E-state index in [1.807, 2.05) is 0 Å². The van der Waals surface area contributed by atoms with Crippen molar-refractivity contribution in [3.63, 3.8) is 0 Å². The molecule has 0 saturated heterocycles. The Bertz CT molecular complexity index is 1110. The van der Waals surface area contributed by atoms with E-state index < -0.39 is 17.0 Å². The van der Waals surface area contributed by atoms with Crippen molar-refractivity contribution in [2.45, 2.75) is 57.8 Å². The first-order chi connectivity index (χ1) is 14.7. The molecule has 0 unspecified atom stereocenters. The van der Waals surface area contributed by atoms with Gasteiger partial charge < -0.3 is 15.2 Å². The molecule has 1 saturated carbocycles. The number of nitrogens with one attached hydrogen (secondary N) is 1. The molecule has 0 atom stereocenters. The highest BCUT2D eigenvalue weighted by molar-refractivity contribution is 5.93. The van der Waals surface area contributed by atoms with E-state index in [1.54, 1.807) is 43.5 Å². The number of imidazole rings is 1. The minimum atomic E-state index is -0.645. The smallest absolute Gasteiger partial charge is 0.270 e. The number of amides is 1. The van der Waals surface area contributed by atoms with E-state index in [4.69, 9.17) is 4.74 Å². The Morgan fingerprint density at radius 3 is 2.58 bits per heavy atom. The minimum absolute atomic E-state index is 0.0380. The molecule has 0 radical (unpaired) electrons. The number of ether oxygens (including phenoxy) is 1. The van der Waals surface area contributed by atoms with Crippen molar-refractivity contribution >= 4 is 11.6 Å². The Labute approximate surface area is 178 Å². The number of hydrogen-bond donors (Lipinski definition) is 2. The monoisotopic (exact) mass is 429 g/mol. The van der Waals surface area contributed by atoms with Crippen LogP contribution in [-0.4, -0.2) is 32.5 Å². The number of aromatic nitrogens is 2. The second kappa shape index (κ2) is 7.92. The Hall–Kier alpha value is -3.00. The topological polar surface area (TPSA) is 75.9 Å². The molecule has 1 aromatic carbocycles. The quantitative estimate of drug-likeness (QED) is 0.648. The Kier molecular flexibility index (Phi) is 5.43. The molecule has 0 aliphatic heterocycles. The molecule has 1 fully saturated rings. The van der Waals surface area contributed by atoms with Gasteiger partial charge in [0.25, 0.3) is 5.91 Å². The van der Waals surface area contributed by atoms with Gasteiger partial charge in [-0.3, -0.25) is 9.20 Å². The molecule has 3 aromatic rings. The number of rotatable bonds is 5. The summed E-state index contributed by atoms with van der Waals surface area (Å²) in [5, 5.41) is 12.3. The van der Waals surface area contributed by atoms with Crippen LogP contribution in [0.1, 0.15) is 55.2 Å². The van der Waals surface area contributed by atoms with E-state index in [2.05, 4.69) is 10.3 Å². The molecule has 1 amide bonds. The van der Waals surface area contributed by atoms with Crippen molar-refractivity contribution in [2.24, 2.45) is 0 Å². The second-order valence-corrected chi connectivity index (χ2v) is 8.92. The van der Waals surface area contributed by atoms with Gasteiger partial charge in [0, 0.05) is 48.3 Å². The lowest BCUT2D eigenvalue weighted by Crippen LogP contribution is -2.49. The van der Waals surface area contributed by atoms with Crippen LogP contribution in [0, 0.1) is 11.6 Å². The van der Waals surface area contributed by atoms with E-state index in [-0.39, 0.29) is 36.0 Å². The van der Waals surface area contributed by atoms with Gasteiger partial charge in [-0.1, -0.05) is 26.8 Å². The van der Waals surface area contributed by atoms with E-state index in [0.717, 1.165) is 0 Å². The molecule has 1 aliphatic rings. The fourth-order valence-electron chi connectivity index (χ4n) is 3.93. The maximum atomic E-state index is 14.4. The van der Waals surface area contributed by atoms with Gasteiger partial charge in [0.15, 0.2) is 0 Å². The molecule has 2 aromatic heterocycles. The molecule has 0 spiro atoms. The molecular formula is C23H25F2N3O3. The molecule has 1 aliphatic carbocycles. The fraction of sp³-hybridized carbons (Fsp3) is 0.391. The predicted octanol–water partition coefficient (Wildman–Crippen LogP) is 3.74. The summed E-state index contributed by atoms with van der Waals surface area (Å²) >= 11 is 0. The van der Waals surface area contributed by atoms with Gasteiger partial charge in [-0.2, -0.15) is 0 Å². The number of hydrogen-bond acceptors (Lipinski definition) is 4. The highest BCUT2D eigenvalue weighted by atomic mass is 19.1. The number of halogens is 2. The van der Waals surface area contributed by atoms with Gasteiger partial charge in [-0.05, 0) is 11.5 Å². The molecule has 2 heterocycles. The van der Waals surface area contributed by atoms with E-state index in [1.165, 1.54) is 18.3 Å². The molecule has 4 rings (SSSR count). The summed E-state index contributed by atoms with van der Waals surface area (Å²) in [5.74, 6) is -1.38. The summed E-state index contributed by atoms with van der Waals surface area (Å²) in [6, 6.07) is 5.82. The summed E-state index contributed by atoms with van der Waals surface area (Å²) in [6.45, 7) is 5.09. The number of fused-ring (bicyclic) bond motifs is 1. The molecule has 0 bridgehead atoms. The van der Waals surface area contributed by atoms with Gasteiger partial charge in [-0.25, -0.2) is 13.8 Å². The number of aliphatic hydroxyl groups excluding tert-OH is 1. The van der Waals surface area contributed by atoms with E-state index in [0.29, 0.717) is 29.7 Å². The van der Waals surface area contributed by atoms with Gasteiger partial charge >= 0.3 is 0 Å². The van der Waals surface area contributed by atoms with Gasteiger partial charge in [-0.15, -0.1) is 0 Å². The molecule has 2 N–H and O–H groups in total. The van der Waals surface area contributed by atoms with Crippen LogP contribution in [0.4, 0.5) is 8.78 Å². The molecule has 164 valence electrons. The maximum Gasteiger partial charge on any atom is 0.270 e. The summed E-state index contributed by atoms with van der Waals surface area (Å²) in [5.41, 5.74) is 0.935. The van der Waals surface area contributed by atoms with Crippen molar-refractivity contribution in [3.8, 4) is 5.75 Å². The number of pyridine rings is 1. The number of aliphatic hydroxyl groups is 1. The molecule has 6 nitrogen and oxygen atoms in total. The van der Waals surface area contributed by atoms with Crippen molar-refractivity contribution in [2.75, 3.05) is 0 Å². The average Bonchev–Trinajstić information content (AvgIpc) is 3.08. The average molecular weight is 429 g/mol. The van der Waals surface area contributed by atoms with Crippen LogP contribution < -0.4 is 10.1 Å². The SMILES string of the molecule is CC(C)(C)c1c(F)cc(OC2CC(NC(=O)c3cnc4c(CO)cccn34)C2)cc1F. The van der Waals surface area contributed by atoms with Crippen LogP contribution in [-0.2, 0) is 12.0 Å². The third kappa shape index (κ3) is 4.12. The minimum Gasteiger partial charge on any atom is -0.490 e. The standard InChI is InChI=1S/C23H25F2N3O3/c1-23(2,3)20-17(24)9-16(10-18(20)25)31-15-7-14(8-15)27-22(30)19-11-26-21-13(12-29)5-4-6-28(19)21/h4-6,9-11,14-15,29H,7-8,12H2,1-3H3,(H,27,30). The third-order valence-corrected chi connectivity index (χ3v) is 5.52. The summed E-state index contributed by atoms with van der Waals surface area (Å²) < 4.78 is 36.1. The lowest BCUT2D eigenvalue weighted by Gasteiger charge is -2.36.